The van der Waals surface area contributed by atoms with Crippen molar-refractivity contribution in [2.45, 2.75) is 20.4 Å². The van der Waals surface area contributed by atoms with Crippen LogP contribution in [0, 0.1) is 5.92 Å². The van der Waals surface area contributed by atoms with Gasteiger partial charge in [-0.05, 0) is 29.7 Å². The molecular weight excluding hydrogens is 272 g/mol. The highest BCUT2D eigenvalue weighted by atomic mass is 16.1. The molecular formula is C19H24N2O. The van der Waals surface area contributed by atoms with E-state index in [9.17, 15) is 4.79 Å². The largest absolute Gasteiger partial charge is 0.370 e. The Morgan fingerprint density at radius 1 is 1.09 bits per heavy atom. The van der Waals surface area contributed by atoms with E-state index in [1.807, 2.05) is 49.5 Å². The molecule has 0 aromatic heterocycles. The van der Waals surface area contributed by atoms with Crippen LogP contribution in [0.2, 0.25) is 0 Å². The Balaban J connectivity index is 2.05. The molecule has 0 atom stereocenters. The summed E-state index contributed by atoms with van der Waals surface area (Å²) in [5.74, 6) is 0.441. The Morgan fingerprint density at radius 2 is 1.82 bits per heavy atom. The third-order valence-electron chi connectivity index (χ3n) is 3.48. The molecule has 2 aromatic rings. The maximum Gasteiger partial charge on any atom is 0.251 e. The van der Waals surface area contributed by atoms with Gasteiger partial charge >= 0.3 is 0 Å². The van der Waals surface area contributed by atoms with Crippen LogP contribution in [0.15, 0.2) is 54.6 Å². The molecule has 0 spiro atoms. The van der Waals surface area contributed by atoms with Crippen LogP contribution in [-0.4, -0.2) is 19.5 Å². The summed E-state index contributed by atoms with van der Waals surface area (Å²) >= 11 is 0. The molecule has 0 saturated heterocycles. The van der Waals surface area contributed by atoms with Gasteiger partial charge in [0.15, 0.2) is 0 Å². The average molecular weight is 296 g/mol. The summed E-state index contributed by atoms with van der Waals surface area (Å²) in [6, 6.07) is 18.1. The van der Waals surface area contributed by atoms with Crippen molar-refractivity contribution in [3.63, 3.8) is 0 Å². The molecule has 0 bridgehead atoms. The number of carbonyl (C=O) groups excluding carboxylic acids is 1. The Bertz CT molecular complexity index is 608. The summed E-state index contributed by atoms with van der Waals surface area (Å²) in [7, 11) is 2.04. The smallest absolute Gasteiger partial charge is 0.251 e. The lowest BCUT2D eigenvalue weighted by Gasteiger charge is -2.20. The second kappa shape index (κ2) is 7.64. The summed E-state index contributed by atoms with van der Waals surface area (Å²) in [4.78, 5) is 14.3. The molecule has 3 nitrogen and oxygen atoms in total. The van der Waals surface area contributed by atoms with Gasteiger partial charge in [0, 0.05) is 31.4 Å². The number of amides is 1. The van der Waals surface area contributed by atoms with E-state index in [2.05, 4.69) is 36.2 Å². The van der Waals surface area contributed by atoms with Crippen molar-refractivity contribution in [3.8, 4) is 0 Å². The normalized spacial score (nSPS) is 10.5. The van der Waals surface area contributed by atoms with Crippen LogP contribution in [0.5, 0.6) is 0 Å². The monoisotopic (exact) mass is 296 g/mol. The fraction of sp³-hybridized carbons (Fsp3) is 0.316. The topological polar surface area (TPSA) is 32.3 Å². The number of benzene rings is 2. The van der Waals surface area contributed by atoms with Gasteiger partial charge in [-0.15, -0.1) is 0 Å². The fourth-order valence-corrected chi connectivity index (χ4v) is 2.23. The molecule has 22 heavy (non-hydrogen) atoms. The number of nitrogens with one attached hydrogen (secondary N) is 1. The van der Waals surface area contributed by atoms with Crippen LogP contribution < -0.4 is 10.2 Å². The number of anilines is 1. The van der Waals surface area contributed by atoms with E-state index in [0.717, 1.165) is 12.2 Å². The molecule has 0 radical (unpaired) electrons. The fourth-order valence-electron chi connectivity index (χ4n) is 2.23. The predicted octanol–water partition coefficient (Wildman–Crippen LogP) is 3.71. The van der Waals surface area contributed by atoms with Gasteiger partial charge in [-0.25, -0.2) is 0 Å². The van der Waals surface area contributed by atoms with Crippen molar-refractivity contribution in [1.29, 1.82) is 0 Å². The third kappa shape index (κ3) is 4.62. The third-order valence-corrected chi connectivity index (χ3v) is 3.48. The first kappa shape index (κ1) is 16.1. The molecule has 2 rings (SSSR count). The molecule has 0 saturated carbocycles. The molecule has 0 aliphatic carbocycles. The highest BCUT2D eigenvalue weighted by Crippen LogP contribution is 2.17. The zero-order valence-electron chi connectivity index (χ0n) is 13.5. The van der Waals surface area contributed by atoms with Crippen LogP contribution in [-0.2, 0) is 6.54 Å². The van der Waals surface area contributed by atoms with Crippen LogP contribution in [0.4, 0.5) is 5.69 Å². The average Bonchev–Trinajstić information content (AvgIpc) is 2.53. The molecule has 0 heterocycles. The number of carbonyl (C=O) groups is 1. The van der Waals surface area contributed by atoms with Gasteiger partial charge in [0.05, 0.1) is 0 Å². The first-order valence-corrected chi connectivity index (χ1v) is 7.69. The first-order chi connectivity index (χ1) is 10.6. The van der Waals surface area contributed by atoms with Crippen molar-refractivity contribution in [3.05, 3.63) is 65.7 Å². The minimum atomic E-state index is -0.0105. The maximum atomic E-state index is 12.2. The van der Waals surface area contributed by atoms with Crippen LogP contribution in [0.1, 0.15) is 29.8 Å². The van der Waals surface area contributed by atoms with Gasteiger partial charge in [-0.1, -0.05) is 50.2 Å². The Labute approximate surface area is 133 Å². The van der Waals surface area contributed by atoms with Crippen molar-refractivity contribution >= 4 is 11.6 Å². The van der Waals surface area contributed by atoms with Crippen LogP contribution >= 0.6 is 0 Å². The lowest BCUT2D eigenvalue weighted by atomic mass is 10.1. The van der Waals surface area contributed by atoms with Gasteiger partial charge in [-0.2, -0.15) is 0 Å². The summed E-state index contributed by atoms with van der Waals surface area (Å²) < 4.78 is 0. The highest BCUT2D eigenvalue weighted by molar-refractivity contribution is 5.95. The van der Waals surface area contributed by atoms with Crippen LogP contribution in [0.3, 0.4) is 0 Å². The number of hydrogen-bond acceptors (Lipinski definition) is 2. The van der Waals surface area contributed by atoms with E-state index < -0.39 is 0 Å². The van der Waals surface area contributed by atoms with E-state index in [1.165, 1.54) is 5.56 Å². The van der Waals surface area contributed by atoms with Gasteiger partial charge in [0.2, 0.25) is 0 Å². The quantitative estimate of drug-likeness (QED) is 0.881. The number of hydrogen-bond donors (Lipinski definition) is 1. The molecule has 0 unspecified atom stereocenters. The van der Waals surface area contributed by atoms with Gasteiger partial charge in [0.25, 0.3) is 5.91 Å². The van der Waals surface area contributed by atoms with Crippen molar-refractivity contribution in [1.82, 2.24) is 5.32 Å². The molecule has 116 valence electrons. The minimum absolute atomic E-state index is 0.0105. The van der Waals surface area contributed by atoms with Gasteiger partial charge in [0.1, 0.15) is 0 Å². The highest BCUT2D eigenvalue weighted by Gasteiger charge is 2.09. The maximum absolute atomic E-state index is 12.2. The van der Waals surface area contributed by atoms with E-state index >= 15 is 0 Å². The second-order valence-corrected chi connectivity index (χ2v) is 6.00. The summed E-state index contributed by atoms with van der Waals surface area (Å²) in [5, 5.41) is 2.96. The first-order valence-electron chi connectivity index (χ1n) is 7.69. The Morgan fingerprint density at radius 3 is 2.50 bits per heavy atom. The van der Waals surface area contributed by atoms with Crippen LogP contribution in [0.25, 0.3) is 0 Å². The Hall–Kier alpha value is -2.29. The summed E-state index contributed by atoms with van der Waals surface area (Å²) in [6.45, 7) is 5.69. The van der Waals surface area contributed by atoms with Gasteiger partial charge in [-0.3, -0.25) is 4.79 Å². The summed E-state index contributed by atoms with van der Waals surface area (Å²) in [5.41, 5.74) is 3.00. The number of nitrogens with zero attached hydrogens (tertiary/aromatic N) is 1. The molecule has 1 N–H and O–H groups in total. The molecule has 1 amide bonds. The standard InChI is InChI=1S/C19H24N2O/c1-15(2)13-20-19(22)17-10-7-11-18(12-17)21(3)14-16-8-5-4-6-9-16/h4-12,15H,13-14H2,1-3H3,(H,20,22). The van der Waals surface area contributed by atoms with E-state index in [0.29, 0.717) is 18.0 Å². The lowest BCUT2D eigenvalue weighted by molar-refractivity contribution is 0.0949. The number of rotatable bonds is 6. The van der Waals surface area contributed by atoms with E-state index in [-0.39, 0.29) is 5.91 Å². The minimum Gasteiger partial charge on any atom is -0.370 e. The van der Waals surface area contributed by atoms with E-state index in [1.54, 1.807) is 0 Å². The predicted molar refractivity (Wildman–Crippen MR) is 92.2 cm³/mol. The lowest BCUT2D eigenvalue weighted by Crippen LogP contribution is -2.27. The van der Waals surface area contributed by atoms with Crippen molar-refractivity contribution < 1.29 is 4.79 Å². The van der Waals surface area contributed by atoms with Gasteiger partial charge < -0.3 is 10.2 Å². The molecule has 3 heteroatoms. The molecule has 2 aromatic carbocycles. The van der Waals surface area contributed by atoms with Crippen molar-refractivity contribution in [2.75, 3.05) is 18.5 Å². The van der Waals surface area contributed by atoms with Crippen molar-refractivity contribution in [2.24, 2.45) is 5.92 Å². The molecule has 0 aliphatic heterocycles. The van der Waals surface area contributed by atoms with E-state index in [4.69, 9.17) is 0 Å². The molecule has 0 aliphatic rings. The second-order valence-electron chi connectivity index (χ2n) is 6.00. The zero-order chi connectivity index (χ0) is 15.9. The zero-order valence-corrected chi connectivity index (χ0v) is 13.5. The Kier molecular flexibility index (Phi) is 5.59. The summed E-state index contributed by atoms with van der Waals surface area (Å²) in [6.07, 6.45) is 0. The molecule has 0 fully saturated rings. The SMILES string of the molecule is CC(C)CNC(=O)c1cccc(N(C)Cc2ccccc2)c1.